The molecule has 0 atom stereocenters. The number of rotatable bonds is 11. The molecule has 0 aromatic heterocycles. The number of hydrogen-bond donors (Lipinski definition) is 1. The van der Waals surface area contributed by atoms with Crippen molar-refractivity contribution in [3.8, 4) is 5.75 Å². The van der Waals surface area contributed by atoms with Gasteiger partial charge in [-0.2, -0.15) is 0 Å². The first-order valence-corrected chi connectivity index (χ1v) is 6.91. The number of hydrogen-bond acceptors (Lipinski definition) is 6. The molecule has 0 unspecified atom stereocenters. The molecular weight excluding hydrogens is 276 g/mol. The molecule has 7 nitrogen and oxygen atoms in total. The van der Waals surface area contributed by atoms with Crippen molar-refractivity contribution in [2.75, 3.05) is 45.4 Å². The third-order valence-corrected chi connectivity index (χ3v) is 2.69. The van der Waals surface area contributed by atoms with E-state index in [2.05, 4.69) is 5.32 Å². The van der Waals surface area contributed by atoms with Gasteiger partial charge in [0.15, 0.2) is 5.75 Å². The summed E-state index contributed by atoms with van der Waals surface area (Å²) in [6.07, 6.45) is 0.750. The minimum atomic E-state index is -0.428. The van der Waals surface area contributed by atoms with Gasteiger partial charge >= 0.3 is 5.69 Å². The molecular formula is C14H22N2O5. The third-order valence-electron chi connectivity index (χ3n) is 2.69. The molecule has 0 fully saturated rings. The van der Waals surface area contributed by atoms with E-state index in [1.807, 2.05) is 0 Å². The highest BCUT2D eigenvalue weighted by molar-refractivity contribution is 5.68. The molecule has 118 valence electrons. The predicted octanol–water partition coefficient (Wildman–Crippen LogP) is 2.46. The molecule has 0 saturated carbocycles. The molecule has 0 aliphatic carbocycles. The summed E-state index contributed by atoms with van der Waals surface area (Å²) in [6, 6.07) is 5.00. The van der Waals surface area contributed by atoms with Crippen LogP contribution in [0.25, 0.3) is 0 Å². The van der Waals surface area contributed by atoms with Gasteiger partial charge in [-0.05, 0) is 25.5 Å². The van der Waals surface area contributed by atoms with Gasteiger partial charge in [0.25, 0.3) is 0 Å². The number of benzene rings is 1. The van der Waals surface area contributed by atoms with Gasteiger partial charge in [0.2, 0.25) is 0 Å². The summed E-state index contributed by atoms with van der Waals surface area (Å²) in [5, 5.41) is 14.2. The third kappa shape index (κ3) is 5.97. The minimum Gasteiger partial charge on any atom is -0.487 e. The molecule has 0 heterocycles. The Hall–Kier alpha value is -1.86. The second kappa shape index (κ2) is 9.95. The Labute approximate surface area is 124 Å². The number of nitro groups is 1. The Kier molecular flexibility index (Phi) is 8.15. The molecule has 0 amide bonds. The normalized spacial score (nSPS) is 10.4. The maximum Gasteiger partial charge on any atom is 0.333 e. The fraction of sp³-hybridized carbons (Fsp3) is 0.571. The Bertz CT molecular complexity index is 439. The molecule has 1 aromatic carbocycles. The van der Waals surface area contributed by atoms with E-state index < -0.39 is 4.92 Å². The monoisotopic (exact) mass is 298 g/mol. The second-order valence-corrected chi connectivity index (χ2v) is 4.23. The lowest BCUT2D eigenvalue weighted by atomic mass is 10.2. The Morgan fingerprint density at radius 2 is 2.10 bits per heavy atom. The van der Waals surface area contributed by atoms with Gasteiger partial charge in [0, 0.05) is 20.3 Å². The number of para-hydroxylation sites is 1. The smallest absolute Gasteiger partial charge is 0.333 e. The van der Waals surface area contributed by atoms with Crippen LogP contribution in [-0.4, -0.2) is 45.0 Å². The maximum absolute atomic E-state index is 11.2. The van der Waals surface area contributed by atoms with Gasteiger partial charge in [-0.15, -0.1) is 0 Å². The first-order valence-electron chi connectivity index (χ1n) is 6.91. The first kappa shape index (κ1) is 17.2. The molecule has 0 radical (unpaired) electrons. The fourth-order valence-electron chi connectivity index (χ4n) is 1.77. The van der Waals surface area contributed by atoms with E-state index in [0.29, 0.717) is 38.7 Å². The van der Waals surface area contributed by atoms with Crippen LogP contribution in [0.15, 0.2) is 18.2 Å². The highest BCUT2D eigenvalue weighted by atomic mass is 16.6. The maximum atomic E-state index is 11.2. The molecule has 7 heteroatoms. The van der Waals surface area contributed by atoms with E-state index in [1.54, 1.807) is 32.2 Å². The van der Waals surface area contributed by atoms with Crippen molar-refractivity contribution in [3.63, 3.8) is 0 Å². The van der Waals surface area contributed by atoms with Crippen LogP contribution in [0.2, 0.25) is 0 Å². The quantitative estimate of drug-likeness (QED) is 0.384. The van der Waals surface area contributed by atoms with Crippen LogP contribution in [0, 0.1) is 10.1 Å². The van der Waals surface area contributed by atoms with E-state index >= 15 is 0 Å². The van der Waals surface area contributed by atoms with E-state index in [1.165, 1.54) is 0 Å². The predicted molar refractivity (Wildman–Crippen MR) is 80.1 cm³/mol. The van der Waals surface area contributed by atoms with Crippen LogP contribution < -0.4 is 10.1 Å². The molecule has 0 bridgehead atoms. The number of methoxy groups -OCH3 is 1. The summed E-state index contributed by atoms with van der Waals surface area (Å²) in [4.78, 5) is 10.7. The van der Waals surface area contributed by atoms with E-state index in [0.717, 1.165) is 6.42 Å². The van der Waals surface area contributed by atoms with Crippen LogP contribution in [-0.2, 0) is 9.47 Å². The summed E-state index contributed by atoms with van der Waals surface area (Å²) in [5.74, 6) is 0.281. The zero-order valence-electron chi connectivity index (χ0n) is 12.5. The Balaban J connectivity index is 2.50. The van der Waals surface area contributed by atoms with Crippen LogP contribution >= 0.6 is 0 Å². The number of nitro benzene ring substituents is 1. The van der Waals surface area contributed by atoms with Gasteiger partial charge < -0.3 is 19.5 Å². The van der Waals surface area contributed by atoms with E-state index in [-0.39, 0.29) is 11.4 Å². The zero-order chi connectivity index (χ0) is 15.5. The highest BCUT2D eigenvalue weighted by Gasteiger charge is 2.20. The lowest BCUT2D eigenvalue weighted by molar-refractivity contribution is -0.384. The van der Waals surface area contributed by atoms with Gasteiger partial charge in [0.1, 0.15) is 5.69 Å². The summed E-state index contributed by atoms with van der Waals surface area (Å²) in [7, 11) is 1.62. The van der Waals surface area contributed by atoms with Crippen molar-refractivity contribution >= 4 is 11.4 Å². The number of ether oxygens (including phenoxy) is 3. The van der Waals surface area contributed by atoms with Gasteiger partial charge in [-0.1, -0.05) is 6.07 Å². The molecule has 21 heavy (non-hydrogen) atoms. The Morgan fingerprint density at radius 1 is 1.29 bits per heavy atom. The first-order chi connectivity index (χ1) is 10.2. The summed E-state index contributed by atoms with van der Waals surface area (Å²) < 4.78 is 15.5. The van der Waals surface area contributed by atoms with Gasteiger partial charge in [-0.25, -0.2) is 0 Å². The van der Waals surface area contributed by atoms with E-state index in [4.69, 9.17) is 14.2 Å². The van der Waals surface area contributed by atoms with Crippen molar-refractivity contribution in [3.05, 3.63) is 28.3 Å². The summed E-state index contributed by atoms with van der Waals surface area (Å²) >= 11 is 0. The molecule has 0 spiro atoms. The lowest BCUT2D eigenvalue weighted by Gasteiger charge is -2.10. The Morgan fingerprint density at radius 3 is 2.76 bits per heavy atom. The minimum absolute atomic E-state index is 0.0281. The second-order valence-electron chi connectivity index (χ2n) is 4.23. The molecule has 0 saturated heterocycles. The fourth-order valence-corrected chi connectivity index (χ4v) is 1.77. The van der Waals surface area contributed by atoms with Crippen molar-refractivity contribution in [2.24, 2.45) is 0 Å². The number of anilines is 1. The average molecular weight is 298 g/mol. The van der Waals surface area contributed by atoms with Crippen LogP contribution in [0.4, 0.5) is 11.4 Å². The van der Waals surface area contributed by atoms with E-state index in [9.17, 15) is 10.1 Å². The van der Waals surface area contributed by atoms with Gasteiger partial charge in [0.05, 0.1) is 24.7 Å². The number of nitrogens with zero attached hydrogens (tertiary/aromatic N) is 1. The molecule has 1 N–H and O–H groups in total. The highest BCUT2D eigenvalue weighted by Crippen LogP contribution is 2.34. The lowest BCUT2D eigenvalue weighted by Crippen LogP contribution is -2.10. The van der Waals surface area contributed by atoms with Crippen molar-refractivity contribution in [1.29, 1.82) is 0 Å². The average Bonchev–Trinajstić information content (AvgIpc) is 2.46. The molecule has 0 aliphatic rings. The van der Waals surface area contributed by atoms with Crippen LogP contribution in [0.3, 0.4) is 0 Å². The molecule has 1 rings (SSSR count). The topological polar surface area (TPSA) is 82.9 Å². The van der Waals surface area contributed by atoms with Crippen molar-refractivity contribution in [2.45, 2.75) is 13.3 Å². The summed E-state index contributed by atoms with van der Waals surface area (Å²) in [5.41, 5.74) is 0.433. The standard InChI is InChI=1S/C14H22N2O5/c1-3-21-13-7-4-6-12(14(13)16(17)18)15-8-5-9-20-11-10-19-2/h4,6-7,15H,3,5,8-11H2,1-2H3. The van der Waals surface area contributed by atoms with Crippen molar-refractivity contribution < 1.29 is 19.1 Å². The molecule has 0 aliphatic heterocycles. The van der Waals surface area contributed by atoms with Crippen LogP contribution in [0.1, 0.15) is 13.3 Å². The van der Waals surface area contributed by atoms with Crippen molar-refractivity contribution in [1.82, 2.24) is 0 Å². The van der Waals surface area contributed by atoms with Crippen LogP contribution in [0.5, 0.6) is 5.75 Å². The largest absolute Gasteiger partial charge is 0.487 e. The zero-order valence-corrected chi connectivity index (χ0v) is 12.5. The van der Waals surface area contributed by atoms with Gasteiger partial charge in [-0.3, -0.25) is 10.1 Å². The SMILES string of the molecule is CCOc1cccc(NCCCOCCOC)c1[N+](=O)[O-]. The summed E-state index contributed by atoms with van der Waals surface area (Å²) in [6.45, 7) is 4.46. The molecule has 1 aromatic rings. The number of nitrogens with one attached hydrogen (secondary N) is 1.